The molecule has 0 spiro atoms. The van der Waals surface area contributed by atoms with Gasteiger partial charge in [-0.05, 0) is 114 Å². The van der Waals surface area contributed by atoms with E-state index in [9.17, 15) is 0 Å². The summed E-state index contributed by atoms with van der Waals surface area (Å²) in [7, 11) is 0. The zero-order valence-electron chi connectivity index (χ0n) is 23.5. The molecule has 3 aliphatic rings. The highest BCUT2D eigenvalue weighted by atomic mass is 16.2. The lowest BCUT2D eigenvalue weighted by atomic mass is 9.68. The normalized spacial score (nSPS) is 32.3. The molecule has 0 saturated heterocycles. The first kappa shape index (κ1) is 28.6. The first-order valence-corrected chi connectivity index (χ1v) is 15.8. The Bertz CT molecular complexity index is 674. The highest BCUT2D eigenvalue weighted by Gasteiger charge is 2.30. The van der Waals surface area contributed by atoms with Crippen molar-refractivity contribution in [3.63, 3.8) is 0 Å². The van der Waals surface area contributed by atoms with Crippen LogP contribution in [0.4, 0.5) is 0 Å². The number of hydrogen-bond acceptors (Lipinski definition) is 1. The van der Waals surface area contributed by atoms with Crippen molar-refractivity contribution in [2.45, 2.75) is 136 Å². The highest BCUT2D eigenvalue weighted by Crippen LogP contribution is 2.41. The third-order valence-electron chi connectivity index (χ3n) is 9.95. The maximum absolute atomic E-state index is 9.13. The summed E-state index contributed by atoms with van der Waals surface area (Å²) in [6.07, 6.45) is 23.5. The molecule has 1 atom stereocenters. The molecule has 0 aromatic rings. The average molecular weight is 481 g/mol. The van der Waals surface area contributed by atoms with E-state index in [2.05, 4.69) is 44.5 Å². The minimum absolute atomic E-state index is 0.355. The minimum atomic E-state index is 0.355. The molecule has 0 heterocycles. The Balaban J connectivity index is 1.39. The molecule has 1 N–H and O–H groups in total. The summed E-state index contributed by atoms with van der Waals surface area (Å²) in [5, 5.41) is 9.13. The Morgan fingerprint density at radius 3 is 1.46 bits per heavy atom. The molecule has 35 heavy (non-hydrogen) atoms. The SMILES string of the molecule is CCC(CC)C(CCCCCO)C1CCC(C#CC2CCC(C#CC3CCC(C)CC3)CC2)CC1. The van der Waals surface area contributed by atoms with Crippen LogP contribution in [0.5, 0.6) is 0 Å². The quantitative estimate of drug-likeness (QED) is 0.258. The zero-order chi connectivity index (χ0) is 24.9. The fourth-order valence-corrected chi connectivity index (χ4v) is 7.37. The number of rotatable bonds is 9. The van der Waals surface area contributed by atoms with Gasteiger partial charge in [-0.3, -0.25) is 0 Å². The van der Waals surface area contributed by atoms with E-state index in [0.29, 0.717) is 30.3 Å². The zero-order valence-corrected chi connectivity index (χ0v) is 23.5. The summed E-state index contributed by atoms with van der Waals surface area (Å²) >= 11 is 0. The molecule has 3 saturated carbocycles. The van der Waals surface area contributed by atoms with E-state index in [0.717, 1.165) is 30.1 Å². The van der Waals surface area contributed by atoms with Gasteiger partial charge in [0.05, 0.1) is 0 Å². The first-order valence-electron chi connectivity index (χ1n) is 15.8. The second-order valence-electron chi connectivity index (χ2n) is 12.5. The Kier molecular flexibility index (Phi) is 13.1. The maximum atomic E-state index is 9.13. The highest BCUT2D eigenvalue weighted by molar-refractivity contribution is 5.13. The molecule has 1 unspecified atom stereocenters. The first-order chi connectivity index (χ1) is 17.1. The molecular weight excluding hydrogens is 424 g/mol. The summed E-state index contributed by atoms with van der Waals surface area (Å²) in [6.45, 7) is 7.53. The van der Waals surface area contributed by atoms with Gasteiger partial charge in [-0.15, -0.1) is 0 Å². The maximum Gasteiger partial charge on any atom is 0.0431 e. The fourth-order valence-electron chi connectivity index (χ4n) is 7.37. The van der Waals surface area contributed by atoms with Crippen LogP contribution in [-0.4, -0.2) is 11.7 Å². The van der Waals surface area contributed by atoms with Gasteiger partial charge in [0.15, 0.2) is 0 Å². The number of aliphatic hydroxyl groups is 1. The van der Waals surface area contributed by atoms with Gasteiger partial charge >= 0.3 is 0 Å². The smallest absolute Gasteiger partial charge is 0.0431 e. The van der Waals surface area contributed by atoms with Gasteiger partial charge < -0.3 is 5.11 Å². The van der Waals surface area contributed by atoms with Gasteiger partial charge in [-0.2, -0.15) is 0 Å². The van der Waals surface area contributed by atoms with Crippen LogP contribution in [0.1, 0.15) is 136 Å². The summed E-state index contributed by atoms with van der Waals surface area (Å²) in [5.41, 5.74) is 0. The molecule has 0 aliphatic heterocycles. The van der Waals surface area contributed by atoms with Crippen LogP contribution in [0.2, 0.25) is 0 Å². The average Bonchev–Trinajstić information content (AvgIpc) is 2.90. The van der Waals surface area contributed by atoms with E-state index in [-0.39, 0.29) is 0 Å². The van der Waals surface area contributed by atoms with E-state index < -0.39 is 0 Å². The molecule has 3 fully saturated rings. The molecule has 3 aliphatic carbocycles. The van der Waals surface area contributed by atoms with Crippen molar-refractivity contribution in [2.75, 3.05) is 6.61 Å². The molecule has 0 radical (unpaired) electrons. The Hall–Kier alpha value is -0.920. The van der Waals surface area contributed by atoms with Gasteiger partial charge in [-0.25, -0.2) is 0 Å². The van der Waals surface area contributed by atoms with Gasteiger partial charge in [0.25, 0.3) is 0 Å². The van der Waals surface area contributed by atoms with Crippen molar-refractivity contribution in [2.24, 2.45) is 47.3 Å². The van der Waals surface area contributed by atoms with Crippen LogP contribution in [0.3, 0.4) is 0 Å². The van der Waals surface area contributed by atoms with Crippen LogP contribution in [0.25, 0.3) is 0 Å². The van der Waals surface area contributed by atoms with Crippen molar-refractivity contribution >= 4 is 0 Å². The minimum Gasteiger partial charge on any atom is -0.396 e. The predicted octanol–water partition coefficient (Wildman–Crippen LogP) is 9.04. The Labute approximate surface area is 219 Å². The summed E-state index contributed by atoms with van der Waals surface area (Å²) < 4.78 is 0. The third-order valence-corrected chi connectivity index (χ3v) is 9.95. The molecular formula is C34H56O. The molecule has 3 rings (SSSR count). The van der Waals surface area contributed by atoms with Crippen molar-refractivity contribution in [3.8, 4) is 23.7 Å². The number of unbranched alkanes of at least 4 members (excludes halogenated alkanes) is 2. The van der Waals surface area contributed by atoms with E-state index >= 15 is 0 Å². The van der Waals surface area contributed by atoms with E-state index in [1.165, 1.54) is 109 Å². The third kappa shape index (κ3) is 9.81. The molecule has 1 nitrogen and oxygen atoms in total. The van der Waals surface area contributed by atoms with Crippen LogP contribution in [-0.2, 0) is 0 Å². The monoisotopic (exact) mass is 480 g/mol. The van der Waals surface area contributed by atoms with Crippen LogP contribution in [0.15, 0.2) is 0 Å². The lowest BCUT2D eigenvalue weighted by Crippen LogP contribution is -2.27. The van der Waals surface area contributed by atoms with Gasteiger partial charge in [0, 0.05) is 30.3 Å². The van der Waals surface area contributed by atoms with E-state index in [4.69, 9.17) is 5.11 Å². The predicted molar refractivity (Wildman–Crippen MR) is 151 cm³/mol. The van der Waals surface area contributed by atoms with Crippen LogP contribution in [0, 0.1) is 71.0 Å². The van der Waals surface area contributed by atoms with Gasteiger partial charge in [-0.1, -0.05) is 70.1 Å². The second-order valence-corrected chi connectivity index (χ2v) is 12.5. The van der Waals surface area contributed by atoms with E-state index in [1.807, 2.05) is 0 Å². The summed E-state index contributed by atoms with van der Waals surface area (Å²) in [6, 6.07) is 0. The number of aliphatic hydroxyl groups excluding tert-OH is 1. The summed E-state index contributed by atoms with van der Waals surface area (Å²) in [5.74, 6) is 21.0. The molecule has 1 heteroatoms. The fraction of sp³-hybridized carbons (Fsp3) is 0.882. The topological polar surface area (TPSA) is 20.2 Å². The van der Waals surface area contributed by atoms with Crippen molar-refractivity contribution in [1.82, 2.24) is 0 Å². The van der Waals surface area contributed by atoms with Crippen LogP contribution < -0.4 is 0 Å². The lowest BCUT2D eigenvalue weighted by Gasteiger charge is -2.37. The van der Waals surface area contributed by atoms with Crippen molar-refractivity contribution in [3.05, 3.63) is 0 Å². The molecule has 0 aromatic heterocycles. The van der Waals surface area contributed by atoms with Crippen LogP contribution >= 0.6 is 0 Å². The van der Waals surface area contributed by atoms with Gasteiger partial charge in [0.2, 0.25) is 0 Å². The van der Waals surface area contributed by atoms with Gasteiger partial charge in [0.1, 0.15) is 0 Å². The molecule has 198 valence electrons. The molecule has 0 aromatic carbocycles. The summed E-state index contributed by atoms with van der Waals surface area (Å²) in [4.78, 5) is 0. The van der Waals surface area contributed by atoms with E-state index in [1.54, 1.807) is 0 Å². The largest absolute Gasteiger partial charge is 0.396 e. The Morgan fingerprint density at radius 1 is 0.600 bits per heavy atom. The molecule has 0 bridgehead atoms. The Morgan fingerprint density at radius 2 is 1.03 bits per heavy atom. The van der Waals surface area contributed by atoms with Crippen molar-refractivity contribution < 1.29 is 5.11 Å². The number of hydrogen-bond donors (Lipinski definition) is 1. The lowest BCUT2D eigenvalue weighted by molar-refractivity contribution is 0.143. The van der Waals surface area contributed by atoms with Crippen molar-refractivity contribution in [1.29, 1.82) is 0 Å². The second kappa shape index (κ2) is 16.0. The standard InChI is InChI=1S/C34H56O/c1-4-32(5-2)34(9-7-6-8-26-35)33-24-22-31(23-25-33)21-20-30-18-16-29(17-19-30)15-14-28-12-10-27(3)11-13-28/h27-35H,4-13,16-19,22-26H2,1-3H3. The molecule has 0 amide bonds.